The molecule has 1 saturated heterocycles. The van der Waals surface area contributed by atoms with Gasteiger partial charge in [0.2, 0.25) is 11.8 Å². The van der Waals surface area contributed by atoms with Gasteiger partial charge in [-0.3, -0.25) is 19.3 Å². The predicted octanol–water partition coefficient (Wildman–Crippen LogP) is 2.84. The molecule has 2 aliphatic heterocycles. The number of carbonyl (C=O) groups is 3. The van der Waals surface area contributed by atoms with Crippen molar-refractivity contribution in [3.05, 3.63) is 65.2 Å². The molecule has 1 atom stereocenters. The van der Waals surface area contributed by atoms with E-state index in [2.05, 4.69) is 6.07 Å². The average molecular weight is 474 g/mol. The molecule has 3 amide bonds. The van der Waals surface area contributed by atoms with E-state index in [0.29, 0.717) is 49.3 Å². The van der Waals surface area contributed by atoms with Gasteiger partial charge in [0, 0.05) is 39.0 Å². The average Bonchev–Trinajstić information content (AvgIpc) is 3.16. The van der Waals surface area contributed by atoms with Crippen LogP contribution in [-0.4, -0.2) is 71.8 Å². The van der Waals surface area contributed by atoms with Crippen LogP contribution in [0, 0.1) is 11.3 Å². The molecule has 0 radical (unpaired) electrons. The normalized spacial score (nSPS) is 18.9. The number of anilines is 1. The minimum absolute atomic E-state index is 0.00259. The maximum absolute atomic E-state index is 13.5. The molecule has 182 valence electrons. The van der Waals surface area contributed by atoms with Crippen LogP contribution in [0.3, 0.4) is 0 Å². The summed E-state index contributed by atoms with van der Waals surface area (Å²) in [4.78, 5) is 46.8. The molecule has 2 aromatic rings. The maximum Gasteiger partial charge on any atom is 0.257 e. The molecule has 0 saturated carbocycles. The van der Waals surface area contributed by atoms with E-state index < -0.39 is 5.66 Å². The number of carbonyl (C=O) groups excluding carboxylic acids is 3. The van der Waals surface area contributed by atoms with E-state index in [9.17, 15) is 14.4 Å². The molecular formula is C27H31N5O3. The molecule has 8 heteroatoms. The number of hydrogen-bond acceptors (Lipinski definition) is 5. The first kappa shape index (κ1) is 24.4. The van der Waals surface area contributed by atoms with Crippen LogP contribution < -0.4 is 4.90 Å². The van der Waals surface area contributed by atoms with Crippen molar-refractivity contribution in [3.63, 3.8) is 0 Å². The lowest BCUT2D eigenvalue weighted by atomic mass is 9.98. The summed E-state index contributed by atoms with van der Waals surface area (Å²) in [6, 6.07) is 16.5. The Morgan fingerprint density at radius 2 is 1.80 bits per heavy atom. The number of fused-ring (bicyclic) bond motifs is 3. The molecule has 0 spiro atoms. The lowest BCUT2D eigenvalue weighted by Gasteiger charge is -2.48. The summed E-state index contributed by atoms with van der Waals surface area (Å²) in [6.07, 6.45) is 1.07. The summed E-state index contributed by atoms with van der Waals surface area (Å²) >= 11 is 0. The Bertz CT molecular complexity index is 1170. The van der Waals surface area contributed by atoms with Crippen molar-refractivity contribution in [3.8, 4) is 6.07 Å². The molecule has 2 heterocycles. The Kier molecular flexibility index (Phi) is 6.90. The Labute approximate surface area is 206 Å². The van der Waals surface area contributed by atoms with Gasteiger partial charge in [-0.25, -0.2) is 0 Å². The van der Waals surface area contributed by atoms with E-state index in [0.717, 1.165) is 5.56 Å². The summed E-state index contributed by atoms with van der Waals surface area (Å²) in [7, 11) is 3.92. The lowest BCUT2D eigenvalue weighted by molar-refractivity contribution is -0.132. The first-order valence-electron chi connectivity index (χ1n) is 11.9. The molecule has 0 aliphatic carbocycles. The summed E-state index contributed by atoms with van der Waals surface area (Å²) in [6.45, 7) is 3.83. The highest BCUT2D eigenvalue weighted by molar-refractivity contribution is 6.10. The highest BCUT2D eigenvalue weighted by atomic mass is 16.2. The van der Waals surface area contributed by atoms with Crippen molar-refractivity contribution < 1.29 is 14.4 Å². The van der Waals surface area contributed by atoms with Crippen molar-refractivity contribution in [1.29, 1.82) is 5.26 Å². The van der Waals surface area contributed by atoms with Crippen LogP contribution in [-0.2, 0) is 16.1 Å². The molecule has 1 fully saturated rings. The maximum atomic E-state index is 13.5. The summed E-state index contributed by atoms with van der Waals surface area (Å²) in [5, 5.41) is 9.05. The second kappa shape index (κ2) is 9.88. The van der Waals surface area contributed by atoms with Gasteiger partial charge in [-0.15, -0.1) is 0 Å². The number of nitriles is 1. The van der Waals surface area contributed by atoms with Gasteiger partial charge in [-0.2, -0.15) is 5.26 Å². The van der Waals surface area contributed by atoms with E-state index in [1.54, 1.807) is 39.0 Å². The van der Waals surface area contributed by atoms with Crippen molar-refractivity contribution in [2.24, 2.45) is 0 Å². The molecule has 4 rings (SSSR count). The van der Waals surface area contributed by atoms with Gasteiger partial charge in [0.15, 0.2) is 0 Å². The number of para-hydroxylation sites is 1. The van der Waals surface area contributed by atoms with Crippen molar-refractivity contribution in [1.82, 2.24) is 14.7 Å². The van der Waals surface area contributed by atoms with Gasteiger partial charge in [0.25, 0.3) is 5.91 Å². The van der Waals surface area contributed by atoms with E-state index in [-0.39, 0.29) is 30.7 Å². The van der Waals surface area contributed by atoms with E-state index in [1.807, 2.05) is 50.2 Å². The van der Waals surface area contributed by atoms with Gasteiger partial charge in [0.1, 0.15) is 5.66 Å². The zero-order chi connectivity index (χ0) is 25.2. The van der Waals surface area contributed by atoms with Gasteiger partial charge in [-0.1, -0.05) is 24.3 Å². The number of hydrogen-bond donors (Lipinski definition) is 0. The summed E-state index contributed by atoms with van der Waals surface area (Å²) in [5.41, 5.74) is 1.89. The van der Waals surface area contributed by atoms with Crippen LogP contribution in [0.2, 0.25) is 0 Å². The molecule has 2 aromatic carbocycles. The topological polar surface area (TPSA) is 88.0 Å². The second-order valence-electron chi connectivity index (χ2n) is 9.60. The SMILES string of the molecule is CN(C)CCN(Cc1ccc(C#N)cc1)C(=O)CCN1C(=O)c2ccccc2N2C(=O)CCC12C. The fourth-order valence-corrected chi connectivity index (χ4v) is 4.92. The number of amides is 3. The number of likely N-dealkylation sites (N-methyl/N-ethyl adjacent to an activating group) is 1. The largest absolute Gasteiger partial charge is 0.337 e. The fraction of sp³-hybridized carbons (Fsp3) is 0.407. The predicted molar refractivity (Wildman–Crippen MR) is 132 cm³/mol. The van der Waals surface area contributed by atoms with E-state index in [4.69, 9.17) is 5.26 Å². The van der Waals surface area contributed by atoms with Crippen LogP contribution in [0.25, 0.3) is 0 Å². The molecule has 1 unspecified atom stereocenters. The quantitative estimate of drug-likeness (QED) is 0.588. The standard InChI is InChI=1S/C27H31N5O3/c1-27-14-12-25(34)32(27)23-7-5-4-6-22(23)26(35)31(27)15-13-24(33)30(17-16-29(2)3)19-21-10-8-20(18-28)9-11-21/h4-11H,12-17,19H2,1-3H3. The zero-order valence-electron chi connectivity index (χ0n) is 20.5. The Balaban J connectivity index is 1.52. The number of rotatable bonds is 8. The molecule has 2 aliphatic rings. The first-order chi connectivity index (χ1) is 16.7. The van der Waals surface area contributed by atoms with Crippen LogP contribution in [0.1, 0.15) is 47.7 Å². The van der Waals surface area contributed by atoms with Crippen LogP contribution in [0.15, 0.2) is 48.5 Å². The first-order valence-corrected chi connectivity index (χ1v) is 11.9. The summed E-state index contributed by atoms with van der Waals surface area (Å²) in [5.74, 6) is -0.201. The molecule has 0 aromatic heterocycles. The zero-order valence-corrected chi connectivity index (χ0v) is 20.5. The minimum atomic E-state index is -0.773. The van der Waals surface area contributed by atoms with Gasteiger partial charge < -0.3 is 14.7 Å². The molecule has 8 nitrogen and oxygen atoms in total. The molecule has 35 heavy (non-hydrogen) atoms. The van der Waals surface area contributed by atoms with Crippen molar-refractivity contribution in [2.45, 2.75) is 38.4 Å². The number of nitrogens with zero attached hydrogens (tertiary/aromatic N) is 5. The Morgan fingerprint density at radius 1 is 1.09 bits per heavy atom. The molecule has 0 N–H and O–H groups in total. The molecule has 0 bridgehead atoms. The monoisotopic (exact) mass is 473 g/mol. The van der Waals surface area contributed by atoms with E-state index >= 15 is 0 Å². The fourth-order valence-electron chi connectivity index (χ4n) is 4.92. The minimum Gasteiger partial charge on any atom is -0.337 e. The van der Waals surface area contributed by atoms with Crippen LogP contribution >= 0.6 is 0 Å². The summed E-state index contributed by atoms with van der Waals surface area (Å²) < 4.78 is 0. The molecular weight excluding hydrogens is 442 g/mol. The van der Waals surface area contributed by atoms with Crippen molar-refractivity contribution in [2.75, 3.05) is 38.6 Å². The Hall–Kier alpha value is -3.70. The van der Waals surface area contributed by atoms with Crippen LogP contribution in [0.4, 0.5) is 5.69 Å². The Morgan fingerprint density at radius 3 is 2.49 bits per heavy atom. The van der Waals surface area contributed by atoms with E-state index in [1.165, 1.54) is 0 Å². The number of benzene rings is 2. The van der Waals surface area contributed by atoms with Gasteiger partial charge in [-0.05, 0) is 57.3 Å². The third-order valence-electron chi connectivity index (χ3n) is 6.92. The highest BCUT2D eigenvalue weighted by Crippen LogP contribution is 2.44. The van der Waals surface area contributed by atoms with Gasteiger partial charge >= 0.3 is 0 Å². The lowest BCUT2D eigenvalue weighted by Crippen LogP contribution is -2.62. The highest BCUT2D eigenvalue weighted by Gasteiger charge is 2.52. The van der Waals surface area contributed by atoms with Crippen molar-refractivity contribution >= 4 is 23.4 Å². The third kappa shape index (κ3) is 4.77. The third-order valence-corrected chi connectivity index (χ3v) is 6.92. The van der Waals surface area contributed by atoms with Crippen LogP contribution in [0.5, 0.6) is 0 Å². The van der Waals surface area contributed by atoms with Gasteiger partial charge in [0.05, 0.1) is 22.9 Å². The second-order valence-corrected chi connectivity index (χ2v) is 9.60. The smallest absolute Gasteiger partial charge is 0.257 e.